The van der Waals surface area contributed by atoms with Crippen molar-refractivity contribution in [2.45, 2.75) is 0 Å². The highest BCUT2D eigenvalue weighted by Gasteiger charge is 2.15. The van der Waals surface area contributed by atoms with Crippen molar-refractivity contribution < 1.29 is 38.0 Å². The molecule has 0 spiro atoms. The molecule has 2 aromatic carbocycles. The van der Waals surface area contributed by atoms with Gasteiger partial charge >= 0.3 is 0 Å². The Morgan fingerprint density at radius 2 is 1.79 bits per heavy atom. The van der Waals surface area contributed by atoms with E-state index < -0.39 is 0 Å². The lowest BCUT2D eigenvalue weighted by molar-refractivity contribution is -0.646. The molecule has 1 aliphatic heterocycles. The first-order valence-corrected chi connectivity index (χ1v) is 9.33. The van der Waals surface area contributed by atoms with Gasteiger partial charge in [0.1, 0.15) is 12.8 Å². The van der Waals surface area contributed by atoms with Crippen LogP contribution in [0.4, 0.5) is 5.69 Å². The number of aromatic nitrogens is 1. The normalized spacial score (nSPS) is 14.3. The molecule has 28 heavy (non-hydrogen) atoms. The molecule has 146 valence electrons. The number of pyridine rings is 1. The van der Waals surface area contributed by atoms with Crippen LogP contribution >= 0.6 is 0 Å². The van der Waals surface area contributed by atoms with Crippen molar-refractivity contribution in [2.75, 3.05) is 38.3 Å². The van der Waals surface area contributed by atoms with Crippen molar-refractivity contribution in [2.24, 2.45) is 7.05 Å². The molecule has 1 saturated heterocycles. The van der Waals surface area contributed by atoms with Gasteiger partial charge in [-0.15, -0.1) is 0 Å². The molecule has 0 N–H and O–H groups in total. The van der Waals surface area contributed by atoms with Gasteiger partial charge in [0.05, 0.1) is 26.0 Å². The summed E-state index contributed by atoms with van der Waals surface area (Å²) in [5.41, 5.74) is 4.64. The van der Waals surface area contributed by atoms with E-state index in [9.17, 15) is 0 Å². The second kappa shape index (κ2) is 9.39. The number of nitrogens with zero attached hydrogens (tertiary/aromatic N) is 2. The Labute approximate surface area is 183 Å². The maximum atomic E-state index is 5.65. The van der Waals surface area contributed by atoms with Gasteiger partial charge in [0.2, 0.25) is 11.2 Å². The number of rotatable bonds is 4. The first-order valence-electron chi connectivity index (χ1n) is 9.33. The summed E-state index contributed by atoms with van der Waals surface area (Å²) in [6, 6.07) is 19.1. The first kappa shape index (κ1) is 20.6. The Morgan fingerprint density at radius 3 is 2.57 bits per heavy atom. The molecule has 0 aliphatic carbocycles. The van der Waals surface area contributed by atoms with Crippen molar-refractivity contribution in [1.82, 2.24) is 0 Å². The van der Waals surface area contributed by atoms with Gasteiger partial charge in [-0.1, -0.05) is 18.2 Å². The summed E-state index contributed by atoms with van der Waals surface area (Å²) in [7, 11) is 3.83. The van der Waals surface area contributed by atoms with Crippen LogP contribution in [0.2, 0.25) is 0 Å². The molecule has 5 heteroatoms. The van der Waals surface area contributed by atoms with E-state index in [0.29, 0.717) is 0 Å². The number of aryl methyl sites for hydroxylation is 1. The lowest BCUT2D eigenvalue weighted by Crippen LogP contribution is -3.00. The standard InChI is InChI=1S/C23H25N2O2.HI/c1-24-20(11-9-19-5-3-4-6-21(19)24)10-7-18-8-12-22(23(17-18)26-2)25-13-15-27-16-14-25;/h3-12,17H,13-16H2,1-2H3;1H/q+1;/p-1. The predicted molar refractivity (Wildman–Crippen MR) is 110 cm³/mol. The summed E-state index contributed by atoms with van der Waals surface area (Å²) >= 11 is 0. The number of benzene rings is 2. The fourth-order valence-electron chi connectivity index (χ4n) is 3.57. The minimum Gasteiger partial charge on any atom is -1.00 e. The Kier molecular flexibility index (Phi) is 6.91. The summed E-state index contributed by atoms with van der Waals surface area (Å²) in [6.45, 7) is 3.34. The third kappa shape index (κ3) is 4.31. The number of hydrogen-bond acceptors (Lipinski definition) is 3. The predicted octanol–water partition coefficient (Wildman–Crippen LogP) is 0.684. The number of methoxy groups -OCH3 is 1. The summed E-state index contributed by atoms with van der Waals surface area (Å²) < 4.78 is 13.3. The first-order chi connectivity index (χ1) is 13.3. The maximum absolute atomic E-state index is 5.65. The van der Waals surface area contributed by atoms with Crippen LogP contribution in [0.25, 0.3) is 23.1 Å². The Morgan fingerprint density at radius 1 is 1.00 bits per heavy atom. The van der Waals surface area contributed by atoms with E-state index in [-0.39, 0.29) is 24.0 Å². The van der Waals surface area contributed by atoms with E-state index in [1.54, 1.807) is 7.11 Å². The van der Waals surface area contributed by atoms with Gasteiger partial charge in [-0.25, -0.2) is 0 Å². The van der Waals surface area contributed by atoms with E-state index in [1.165, 1.54) is 10.9 Å². The van der Waals surface area contributed by atoms with Crippen LogP contribution in [-0.4, -0.2) is 33.4 Å². The van der Waals surface area contributed by atoms with E-state index >= 15 is 0 Å². The molecule has 3 aromatic rings. The topological polar surface area (TPSA) is 25.6 Å². The van der Waals surface area contributed by atoms with Crippen LogP contribution in [0, 0.1) is 0 Å². The number of halogens is 1. The van der Waals surface area contributed by atoms with Crippen LogP contribution in [0.3, 0.4) is 0 Å². The molecule has 0 amide bonds. The summed E-state index contributed by atoms with van der Waals surface area (Å²) in [4.78, 5) is 2.32. The SMILES string of the molecule is COc1cc(/C=C/c2ccc3ccccc3[n+]2C)ccc1N1CCOCC1.[I-]. The average Bonchev–Trinajstić information content (AvgIpc) is 2.74. The molecule has 1 aliphatic rings. The summed E-state index contributed by atoms with van der Waals surface area (Å²) in [5.74, 6) is 0.905. The number of morpholine rings is 1. The largest absolute Gasteiger partial charge is 1.00 e. The molecule has 0 saturated carbocycles. The second-order valence-corrected chi connectivity index (χ2v) is 6.74. The number of fused-ring (bicyclic) bond motifs is 1. The van der Waals surface area contributed by atoms with Crippen LogP contribution in [0.15, 0.2) is 54.6 Å². The lowest BCUT2D eigenvalue weighted by atomic mass is 10.1. The quantitative estimate of drug-likeness (QED) is 0.399. The number of ether oxygens (including phenoxy) is 2. The molecule has 2 heterocycles. The molecule has 0 bridgehead atoms. The molecule has 0 atom stereocenters. The highest BCUT2D eigenvalue weighted by Crippen LogP contribution is 2.30. The fraction of sp³-hybridized carbons (Fsp3) is 0.261. The monoisotopic (exact) mass is 488 g/mol. The Bertz CT molecular complexity index is 981. The molecule has 4 rings (SSSR count). The molecular formula is C23H25IN2O2. The van der Waals surface area contributed by atoms with E-state index in [0.717, 1.165) is 49.0 Å². The van der Waals surface area contributed by atoms with Gasteiger partial charge in [-0.05, 0) is 35.9 Å². The number of hydrogen-bond donors (Lipinski definition) is 0. The second-order valence-electron chi connectivity index (χ2n) is 6.74. The van der Waals surface area contributed by atoms with Gasteiger partial charge in [0.25, 0.3) is 0 Å². The van der Waals surface area contributed by atoms with Gasteiger partial charge in [-0.2, -0.15) is 4.57 Å². The highest BCUT2D eigenvalue weighted by molar-refractivity contribution is 5.77. The third-order valence-corrected chi connectivity index (χ3v) is 5.12. The molecule has 1 aromatic heterocycles. The van der Waals surface area contributed by atoms with E-state index in [1.807, 2.05) is 0 Å². The van der Waals surface area contributed by atoms with Gasteiger partial charge in [0.15, 0.2) is 0 Å². The minimum atomic E-state index is 0. The van der Waals surface area contributed by atoms with Gasteiger partial charge < -0.3 is 38.4 Å². The van der Waals surface area contributed by atoms with Crippen molar-refractivity contribution in [3.05, 3.63) is 65.9 Å². The summed E-state index contributed by atoms with van der Waals surface area (Å²) in [5, 5.41) is 1.24. The zero-order chi connectivity index (χ0) is 18.6. The van der Waals surface area contributed by atoms with Crippen LogP contribution in [-0.2, 0) is 11.8 Å². The Hall–Kier alpha value is -2.12. The van der Waals surface area contributed by atoms with Gasteiger partial charge in [-0.3, -0.25) is 0 Å². The number of para-hydroxylation sites is 1. The van der Waals surface area contributed by atoms with Crippen LogP contribution in [0.1, 0.15) is 11.3 Å². The van der Waals surface area contributed by atoms with Crippen molar-refractivity contribution in [3.8, 4) is 5.75 Å². The van der Waals surface area contributed by atoms with Gasteiger partial charge in [0, 0.05) is 36.7 Å². The molecule has 4 nitrogen and oxygen atoms in total. The van der Waals surface area contributed by atoms with E-state index in [4.69, 9.17) is 9.47 Å². The Balaban J connectivity index is 0.00000225. The van der Waals surface area contributed by atoms with Crippen molar-refractivity contribution in [1.29, 1.82) is 0 Å². The minimum absolute atomic E-state index is 0. The third-order valence-electron chi connectivity index (χ3n) is 5.12. The zero-order valence-electron chi connectivity index (χ0n) is 16.3. The zero-order valence-corrected chi connectivity index (χ0v) is 18.4. The molecule has 0 radical (unpaired) electrons. The summed E-state index contributed by atoms with van der Waals surface area (Å²) in [6.07, 6.45) is 4.28. The molecular weight excluding hydrogens is 463 g/mol. The number of anilines is 1. The van der Waals surface area contributed by atoms with E-state index in [2.05, 4.69) is 83.3 Å². The smallest absolute Gasteiger partial charge is 0.212 e. The fourth-order valence-corrected chi connectivity index (χ4v) is 3.57. The van der Waals surface area contributed by atoms with Crippen molar-refractivity contribution in [3.63, 3.8) is 0 Å². The highest BCUT2D eigenvalue weighted by atomic mass is 127. The molecule has 1 fully saturated rings. The lowest BCUT2D eigenvalue weighted by Gasteiger charge is -2.30. The average molecular weight is 488 g/mol. The molecule has 0 unspecified atom stereocenters. The van der Waals surface area contributed by atoms with Crippen LogP contribution < -0.4 is 38.2 Å². The van der Waals surface area contributed by atoms with Crippen molar-refractivity contribution >= 4 is 28.7 Å². The maximum Gasteiger partial charge on any atom is 0.212 e. The van der Waals surface area contributed by atoms with Crippen LogP contribution in [0.5, 0.6) is 5.75 Å².